The first kappa shape index (κ1) is 15.8. The van der Waals surface area contributed by atoms with Gasteiger partial charge in [-0.2, -0.15) is 0 Å². The molecule has 2 aliphatic rings. The van der Waals surface area contributed by atoms with Crippen molar-refractivity contribution >= 4 is 18.3 Å². The number of rotatable bonds is 2. The van der Waals surface area contributed by atoms with Crippen LogP contribution < -0.4 is 10.9 Å². The summed E-state index contributed by atoms with van der Waals surface area (Å²) in [6.07, 6.45) is 1.55. The summed E-state index contributed by atoms with van der Waals surface area (Å²) in [6.45, 7) is 3.39. The first-order chi connectivity index (χ1) is 10.7. The SMILES string of the molecule is Cl.O=C(c1ccc(-c2ccco2)[nH]c1=O)N1C[C@H]2CNC[C@H]2C1. The second kappa shape index (κ2) is 6.22. The number of furan rings is 1. The Labute approximate surface area is 139 Å². The summed E-state index contributed by atoms with van der Waals surface area (Å²) in [5.41, 5.74) is 0.409. The molecular formula is C16H18ClN3O3. The van der Waals surface area contributed by atoms with Gasteiger partial charge in [0.25, 0.3) is 11.5 Å². The Morgan fingerprint density at radius 1 is 1.17 bits per heavy atom. The number of amides is 1. The molecule has 2 saturated heterocycles. The monoisotopic (exact) mass is 335 g/mol. The number of carbonyl (C=O) groups is 1. The van der Waals surface area contributed by atoms with Gasteiger partial charge in [0.2, 0.25) is 0 Å². The van der Waals surface area contributed by atoms with E-state index in [1.165, 1.54) is 0 Å². The van der Waals surface area contributed by atoms with Gasteiger partial charge in [-0.05, 0) is 36.1 Å². The molecule has 0 saturated carbocycles. The van der Waals surface area contributed by atoms with Crippen LogP contribution in [-0.2, 0) is 0 Å². The molecule has 0 aliphatic carbocycles. The first-order valence-electron chi connectivity index (χ1n) is 7.49. The van der Waals surface area contributed by atoms with Gasteiger partial charge in [0.15, 0.2) is 0 Å². The Morgan fingerprint density at radius 2 is 1.91 bits per heavy atom. The van der Waals surface area contributed by atoms with Crippen molar-refractivity contribution in [1.82, 2.24) is 15.2 Å². The summed E-state index contributed by atoms with van der Waals surface area (Å²) in [6, 6.07) is 6.82. The molecule has 122 valence electrons. The van der Waals surface area contributed by atoms with Gasteiger partial charge >= 0.3 is 0 Å². The number of nitrogens with one attached hydrogen (secondary N) is 2. The first-order valence-corrected chi connectivity index (χ1v) is 7.49. The number of nitrogens with zero attached hydrogens (tertiary/aromatic N) is 1. The third-order valence-corrected chi connectivity index (χ3v) is 4.60. The lowest BCUT2D eigenvalue weighted by Crippen LogP contribution is -2.35. The van der Waals surface area contributed by atoms with E-state index in [4.69, 9.17) is 4.42 Å². The minimum absolute atomic E-state index is 0. The van der Waals surface area contributed by atoms with Crippen LogP contribution in [0, 0.1) is 11.8 Å². The molecule has 1 amide bonds. The lowest BCUT2D eigenvalue weighted by atomic mass is 10.0. The van der Waals surface area contributed by atoms with Crippen molar-refractivity contribution in [3.8, 4) is 11.5 Å². The van der Waals surface area contributed by atoms with E-state index in [0.29, 0.717) is 23.3 Å². The summed E-state index contributed by atoms with van der Waals surface area (Å²) in [5, 5.41) is 3.34. The highest BCUT2D eigenvalue weighted by molar-refractivity contribution is 5.94. The molecule has 2 aromatic heterocycles. The molecule has 2 aliphatic heterocycles. The standard InChI is InChI=1S/C16H17N3O3.ClH/c20-15-12(3-4-13(18-15)14-2-1-5-22-14)16(21)19-8-10-6-17-7-11(10)9-19;/h1-5,10-11,17H,6-9H2,(H,18,20);1H/t10-,11+;. The van der Waals surface area contributed by atoms with Crippen LogP contribution in [0.1, 0.15) is 10.4 Å². The topological polar surface area (TPSA) is 78.3 Å². The fourth-order valence-corrected chi connectivity index (χ4v) is 3.41. The van der Waals surface area contributed by atoms with Gasteiger partial charge < -0.3 is 19.6 Å². The van der Waals surface area contributed by atoms with Gasteiger partial charge in [-0.25, -0.2) is 0 Å². The van der Waals surface area contributed by atoms with E-state index >= 15 is 0 Å². The van der Waals surface area contributed by atoms with E-state index in [9.17, 15) is 9.59 Å². The van der Waals surface area contributed by atoms with Crippen molar-refractivity contribution in [2.75, 3.05) is 26.2 Å². The van der Waals surface area contributed by atoms with Crippen molar-refractivity contribution in [1.29, 1.82) is 0 Å². The zero-order valence-corrected chi connectivity index (χ0v) is 13.3. The average Bonchev–Trinajstić information content (AvgIpc) is 3.22. The molecular weight excluding hydrogens is 318 g/mol. The van der Waals surface area contributed by atoms with Crippen molar-refractivity contribution in [2.24, 2.45) is 11.8 Å². The van der Waals surface area contributed by atoms with Gasteiger partial charge in [-0.3, -0.25) is 9.59 Å². The summed E-state index contributed by atoms with van der Waals surface area (Å²) in [5.74, 6) is 1.44. The Kier molecular flexibility index (Phi) is 4.28. The van der Waals surface area contributed by atoms with E-state index in [0.717, 1.165) is 26.2 Å². The summed E-state index contributed by atoms with van der Waals surface area (Å²) < 4.78 is 5.25. The van der Waals surface area contributed by atoms with Crippen LogP contribution >= 0.6 is 12.4 Å². The second-order valence-corrected chi connectivity index (χ2v) is 5.98. The van der Waals surface area contributed by atoms with Crippen LogP contribution in [0.4, 0.5) is 0 Å². The quantitative estimate of drug-likeness (QED) is 0.868. The van der Waals surface area contributed by atoms with Gasteiger partial charge in [0.05, 0.1) is 12.0 Å². The third kappa shape index (κ3) is 2.80. The van der Waals surface area contributed by atoms with Crippen LogP contribution in [0.2, 0.25) is 0 Å². The number of aromatic nitrogens is 1. The number of pyridine rings is 1. The van der Waals surface area contributed by atoms with Gasteiger partial charge in [0.1, 0.15) is 11.3 Å². The Balaban J connectivity index is 0.00000156. The fraction of sp³-hybridized carbons (Fsp3) is 0.375. The van der Waals surface area contributed by atoms with E-state index in [-0.39, 0.29) is 29.4 Å². The normalized spacial score (nSPS) is 22.7. The number of likely N-dealkylation sites (tertiary alicyclic amines) is 1. The van der Waals surface area contributed by atoms with E-state index in [1.54, 1.807) is 35.4 Å². The molecule has 2 N–H and O–H groups in total. The predicted molar refractivity (Wildman–Crippen MR) is 87.8 cm³/mol. The number of H-pyrrole nitrogens is 1. The molecule has 23 heavy (non-hydrogen) atoms. The van der Waals surface area contributed by atoms with Crippen LogP contribution in [0.3, 0.4) is 0 Å². The van der Waals surface area contributed by atoms with Crippen LogP contribution in [0.5, 0.6) is 0 Å². The molecule has 0 bridgehead atoms. The molecule has 7 heteroatoms. The van der Waals surface area contributed by atoms with Gasteiger partial charge in [-0.1, -0.05) is 0 Å². The maximum absolute atomic E-state index is 12.6. The van der Waals surface area contributed by atoms with Crippen molar-refractivity contribution in [3.63, 3.8) is 0 Å². The summed E-state index contributed by atoms with van der Waals surface area (Å²) in [4.78, 5) is 29.3. The summed E-state index contributed by atoms with van der Waals surface area (Å²) in [7, 11) is 0. The zero-order chi connectivity index (χ0) is 15.1. The molecule has 6 nitrogen and oxygen atoms in total. The average molecular weight is 336 g/mol. The molecule has 0 radical (unpaired) electrons. The number of aromatic amines is 1. The maximum atomic E-state index is 12.6. The van der Waals surface area contributed by atoms with Gasteiger partial charge in [0, 0.05) is 26.2 Å². The minimum Gasteiger partial charge on any atom is -0.463 e. The molecule has 2 fully saturated rings. The molecule has 0 aromatic carbocycles. The van der Waals surface area contributed by atoms with Crippen LogP contribution in [0.15, 0.2) is 39.7 Å². The summed E-state index contributed by atoms with van der Waals surface area (Å²) >= 11 is 0. The number of fused-ring (bicyclic) bond motifs is 1. The van der Waals surface area contributed by atoms with Crippen LogP contribution in [0.25, 0.3) is 11.5 Å². The smallest absolute Gasteiger partial charge is 0.261 e. The van der Waals surface area contributed by atoms with Crippen molar-refractivity contribution in [2.45, 2.75) is 0 Å². The lowest BCUT2D eigenvalue weighted by molar-refractivity contribution is 0.0780. The van der Waals surface area contributed by atoms with Crippen molar-refractivity contribution < 1.29 is 9.21 Å². The molecule has 2 aromatic rings. The number of hydrogen-bond donors (Lipinski definition) is 2. The molecule has 0 unspecified atom stereocenters. The molecule has 4 rings (SSSR count). The fourth-order valence-electron chi connectivity index (χ4n) is 3.41. The lowest BCUT2D eigenvalue weighted by Gasteiger charge is -2.17. The predicted octanol–water partition coefficient (Wildman–Crippen LogP) is 1.35. The minimum atomic E-state index is -0.367. The second-order valence-electron chi connectivity index (χ2n) is 5.98. The molecule has 2 atom stereocenters. The maximum Gasteiger partial charge on any atom is 0.261 e. The largest absolute Gasteiger partial charge is 0.463 e. The van der Waals surface area contributed by atoms with Crippen molar-refractivity contribution in [3.05, 3.63) is 46.4 Å². The number of halogens is 1. The van der Waals surface area contributed by atoms with Crippen LogP contribution in [-0.4, -0.2) is 42.0 Å². The highest BCUT2D eigenvalue weighted by atomic mass is 35.5. The molecule has 4 heterocycles. The van der Waals surface area contributed by atoms with E-state index in [2.05, 4.69) is 10.3 Å². The number of carbonyl (C=O) groups excluding carboxylic acids is 1. The van der Waals surface area contributed by atoms with E-state index in [1.807, 2.05) is 0 Å². The molecule has 0 spiro atoms. The van der Waals surface area contributed by atoms with E-state index < -0.39 is 0 Å². The number of hydrogen-bond acceptors (Lipinski definition) is 4. The highest BCUT2D eigenvalue weighted by Crippen LogP contribution is 2.27. The third-order valence-electron chi connectivity index (χ3n) is 4.60. The Bertz CT molecular complexity index is 744. The zero-order valence-electron chi connectivity index (χ0n) is 12.5. The Hall–Kier alpha value is -2.05. The van der Waals surface area contributed by atoms with Gasteiger partial charge in [-0.15, -0.1) is 12.4 Å². The Morgan fingerprint density at radius 3 is 2.52 bits per heavy atom. The highest BCUT2D eigenvalue weighted by Gasteiger charge is 2.38.